The van der Waals surface area contributed by atoms with E-state index in [-0.39, 0.29) is 6.61 Å². The second-order valence-electron chi connectivity index (χ2n) is 7.61. The highest BCUT2D eigenvalue weighted by Gasteiger charge is 2.52. The summed E-state index contributed by atoms with van der Waals surface area (Å²) in [5.74, 6) is 0. The van der Waals surface area contributed by atoms with Crippen molar-refractivity contribution in [2.75, 3.05) is 20.0 Å². The van der Waals surface area contributed by atoms with Gasteiger partial charge in [0.25, 0.3) is 10.1 Å². The summed E-state index contributed by atoms with van der Waals surface area (Å²) in [4.78, 5) is 0. The molecule has 9 heteroatoms. The van der Waals surface area contributed by atoms with Crippen molar-refractivity contribution in [1.82, 2.24) is 5.32 Å². The van der Waals surface area contributed by atoms with Gasteiger partial charge in [0.15, 0.2) is 12.6 Å². The van der Waals surface area contributed by atoms with Gasteiger partial charge in [0.05, 0.1) is 18.9 Å². The monoisotopic (exact) mass is 449 g/mol. The predicted octanol–water partition coefficient (Wildman–Crippen LogP) is 1.98. The highest BCUT2D eigenvalue weighted by atomic mass is 32.2. The molecule has 6 unspecified atom stereocenters. The lowest BCUT2D eigenvalue weighted by atomic mass is 9.95. The molecular weight excluding hydrogens is 422 g/mol. The van der Waals surface area contributed by atoms with Crippen LogP contribution in [0.5, 0.6) is 0 Å². The Morgan fingerprint density at radius 1 is 1.03 bits per heavy atom. The van der Waals surface area contributed by atoms with Crippen LogP contribution in [-0.4, -0.2) is 59.0 Å². The van der Waals surface area contributed by atoms with Crippen molar-refractivity contribution in [2.24, 2.45) is 0 Å². The second kappa shape index (κ2) is 9.74. The molecule has 2 aliphatic heterocycles. The zero-order chi connectivity index (χ0) is 21.8. The van der Waals surface area contributed by atoms with Crippen LogP contribution in [-0.2, 0) is 39.8 Å². The number of fused-ring (bicyclic) bond motifs is 1. The van der Waals surface area contributed by atoms with E-state index < -0.39 is 47.1 Å². The molecule has 2 aromatic rings. The van der Waals surface area contributed by atoms with Crippen LogP contribution in [0.3, 0.4) is 0 Å². The zero-order valence-corrected chi connectivity index (χ0v) is 18.2. The van der Waals surface area contributed by atoms with Gasteiger partial charge < -0.3 is 24.3 Å². The Balaban J connectivity index is 1.59. The van der Waals surface area contributed by atoms with Crippen LogP contribution in [0.1, 0.15) is 17.4 Å². The summed E-state index contributed by atoms with van der Waals surface area (Å²) in [7, 11) is -2.26. The molecule has 2 aliphatic rings. The lowest BCUT2D eigenvalue weighted by molar-refractivity contribution is -0.338. The Kier molecular flexibility index (Phi) is 7.02. The molecule has 8 nitrogen and oxygen atoms in total. The van der Waals surface area contributed by atoms with Crippen LogP contribution in [0.25, 0.3) is 0 Å². The van der Waals surface area contributed by atoms with E-state index in [1.807, 2.05) is 60.7 Å². The molecule has 2 aromatic carbocycles. The fourth-order valence-electron chi connectivity index (χ4n) is 3.92. The van der Waals surface area contributed by atoms with Gasteiger partial charge in [-0.2, -0.15) is 8.42 Å². The van der Waals surface area contributed by atoms with E-state index in [9.17, 15) is 8.42 Å². The third-order valence-electron chi connectivity index (χ3n) is 5.31. The average molecular weight is 450 g/mol. The lowest BCUT2D eigenvalue weighted by Gasteiger charge is -2.48. The normalized spacial score (nSPS) is 31.2. The van der Waals surface area contributed by atoms with E-state index in [0.717, 1.165) is 17.4 Å². The summed E-state index contributed by atoms with van der Waals surface area (Å²) in [6, 6.07) is 18.6. The zero-order valence-electron chi connectivity index (χ0n) is 17.4. The third-order valence-corrected chi connectivity index (χ3v) is 5.89. The summed E-state index contributed by atoms with van der Waals surface area (Å²) in [5, 5.41) is 3.34. The van der Waals surface area contributed by atoms with Crippen molar-refractivity contribution < 1.29 is 31.5 Å². The molecule has 31 heavy (non-hydrogen) atoms. The smallest absolute Gasteiger partial charge is 0.264 e. The number of rotatable bonds is 7. The van der Waals surface area contributed by atoms with Crippen molar-refractivity contribution in [2.45, 2.75) is 43.5 Å². The molecule has 0 radical (unpaired) electrons. The quantitative estimate of drug-likeness (QED) is 0.642. The molecule has 0 bridgehead atoms. The molecule has 2 saturated heterocycles. The van der Waals surface area contributed by atoms with Gasteiger partial charge in [-0.15, -0.1) is 0 Å². The Morgan fingerprint density at radius 3 is 2.35 bits per heavy atom. The number of methoxy groups -OCH3 is 1. The molecule has 4 rings (SSSR count). The first-order valence-corrected chi connectivity index (χ1v) is 11.9. The maximum Gasteiger partial charge on any atom is 0.264 e. The van der Waals surface area contributed by atoms with Crippen LogP contribution in [0.2, 0.25) is 0 Å². The Bertz CT molecular complexity index is 935. The fourth-order valence-corrected chi connectivity index (χ4v) is 4.55. The maximum absolute atomic E-state index is 12.1. The summed E-state index contributed by atoms with van der Waals surface area (Å²) >= 11 is 0. The van der Waals surface area contributed by atoms with Crippen molar-refractivity contribution in [3.05, 3.63) is 71.8 Å². The maximum atomic E-state index is 12.1. The number of hydrogen-bond acceptors (Lipinski definition) is 8. The number of ether oxygens (including phenoxy) is 4. The van der Waals surface area contributed by atoms with Crippen molar-refractivity contribution >= 4 is 10.1 Å². The van der Waals surface area contributed by atoms with Gasteiger partial charge in [-0.25, -0.2) is 0 Å². The summed E-state index contributed by atoms with van der Waals surface area (Å²) < 4.78 is 53.4. The minimum Gasteiger partial charge on any atom is -0.354 e. The topological polar surface area (TPSA) is 92.3 Å². The number of nitrogens with one attached hydrogen (secondary N) is 1. The largest absolute Gasteiger partial charge is 0.354 e. The molecule has 1 N–H and O–H groups in total. The first-order valence-electron chi connectivity index (χ1n) is 10.1. The second-order valence-corrected chi connectivity index (χ2v) is 9.21. The third kappa shape index (κ3) is 5.50. The summed E-state index contributed by atoms with van der Waals surface area (Å²) in [6.07, 6.45) is -2.43. The van der Waals surface area contributed by atoms with Gasteiger partial charge in [0.2, 0.25) is 0 Å². The van der Waals surface area contributed by atoms with Crippen LogP contribution in [0.15, 0.2) is 60.7 Å². The van der Waals surface area contributed by atoms with Crippen molar-refractivity contribution in [3.63, 3.8) is 0 Å². The van der Waals surface area contributed by atoms with Crippen LogP contribution < -0.4 is 5.32 Å². The molecule has 0 aliphatic carbocycles. The fraction of sp³-hybridized carbons (Fsp3) is 0.455. The minimum atomic E-state index is -3.78. The van der Waals surface area contributed by atoms with E-state index in [0.29, 0.717) is 6.54 Å². The standard InChI is InChI=1S/C22H27NO7S/c1-26-22-18(23-13-15-9-5-3-6-10-15)20(30-31(2,24)25)19-17(28-22)14-27-21(29-19)16-11-7-4-8-12-16/h3-12,17-23H,13-14H2,1-2H3. The van der Waals surface area contributed by atoms with Crippen molar-refractivity contribution in [1.29, 1.82) is 0 Å². The molecule has 0 spiro atoms. The summed E-state index contributed by atoms with van der Waals surface area (Å²) in [5.41, 5.74) is 1.87. The Labute approximate surface area is 182 Å². The Morgan fingerprint density at radius 2 is 1.71 bits per heavy atom. The van der Waals surface area contributed by atoms with Gasteiger partial charge >= 0.3 is 0 Å². The van der Waals surface area contributed by atoms with E-state index in [1.165, 1.54) is 7.11 Å². The van der Waals surface area contributed by atoms with Crippen molar-refractivity contribution in [3.8, 4) is 0 Å². The molecular formula is C22H27NO7S. The van der Waals surface area contributed by atoms with Crippen LogP contribution in [0, 0.1) is 0 Å². The number of hydrogen-bond donors (Lipinski definition) is 1. The van der Waals surface area contributed by atoms with E-state index in [1.54, 1.807) is 0 Å². The molecule has 0 aromatic heterocycles. The van der Waals surface area contributed by atoms with Gasteiger partial charge in [-0.1, -0.05) is 60.7 Å². The van der Waals surface area contributed by atoms with E-state index >= 15 is 0 Å². The van der Waals surface area contributed by atoms with Gasteiger partial charge in [0, 0.05) is 19.2 Å². The van der Waals surface area contributed by atoms with Crippen LogP contribution >= 0.6 is 0 Å². The minimum absolute atomic E-state index is 0.221. The van der Waals surface area contributed by atoms with Gasteiger partial charge in [-0.3, -0.25) is 4.18 Å². The highest BCUT2D eigenvalue weighted by molar-refractivity contribution is 7.86. The Hall–Kier alpha value is -1.85. The van der Waals surface area contributed by atoms with Gasteiger partial charge in [0.1, 0.15) is 18.3 Å². The predicted molar refractivity (Wildman–Crippen MR) is 112 cm³/mol. The average Bonchev–Trinajstić information content (AvgIpc) is 2.78. The molecule has 168 valence electrons. The SMILES string of the molecule is COC1OC2COC(c3ccccc3)OC2C(OS(C)(=O)=O)C1NCc1ccccc1. The van der Waals surface area contributed by atoms with Crippen LogP contribution in [0.4, 0.5) is 0 Å². The first kappa shape index (κ1) is 22.3. The molecule has 2 fully saturated rings. The molecule has 0 saturated carbocycles. The highest BCUT2D eigenvalue weighted by Crippen LogP contribution is 2.36. The summed E-state index contributed by atoms with van der Waals surface area (Å²) in [6.45, 7) is 0.702. The van der Waals surface area contributed by atoms with E-state index in [2.05, 4.69) is 5.32 Å². The molecule has 6 atom stereocenters. The molecule has 0 amide bonds. The lowest BCUT2D eigenvalue weighted by Crippen LogP contribution is -2.66. The number of benzene rings is 2. The first-order chi connectivity index (χ1) is 14.9. The van der Waals surface area contributed by atoms with E-state index in [4.69, 9.17) is 23.1 Å². The molecule has 2 heterocycles. The van der Waals surface area contributed by atoms with Gasteiger partial charge in [-0.05, 0) is 5.56 Å².